The van der Waals surface area contributed by atoms with E-state index >= 15 is 0 Å². The fourth-order valence-corrected chi connectivity index (χ4v) is 3.64. The van der Waals surface area contributed by atoms with Crippen LogP contribution in [0, 0.1) is 26.7 Å². The molecule has 2 heterocycles. The maximum Gasteiger partial charge on any atom is 0.119 e. The van der Waals surface area contributed by atoms with Crippen molar-refractivity contribution in [2.45, 2.75) is 48.0 Å². The van der Waals surface area contributed by atoms with Crippen LogP contribution in [0.15, 0.2) is 24.3 Å². The van der Waals surface area contributed by atoms with Gasteiger partial charge in [0.05, 0.1) is 18.0 Å². The molecule has 0 aliphatic heterocycles. The van der Waals surface area contributed by atoms with Gasteiger partial charge in [-0.15, -0.1) is 0 Å². The summed E-state index contributed by atoms with van der Waals surface area (Å²) in [5.74, 6) is 1.45. The minimum atomic E-state index is 0.550. The van der Waals surface area contributed by atoms with E-state index in [2.05, 4.69) is 54.6 Å². The molecule has 0 saturated carbocycles. The monoisotopic (exact) mass is 337 g/mol. The fraction of sp³-hybridized carbons (Fsp3) is 0.429. The summed E-state index contributed by atoms with van der Waals surface area (Å²) in [7, 11) is 0. The van der Waals surface area contributed by atoms with Gasteiger partial charge in [0.25, 0.3) is 0 Å². The molecule has 4 heteroatoms. The molecule has 0 radical (unpaired) electrons. The quantitative estimate of drug-likeness (QED) is 0.662. The lowest BCUT2D eigenvalue weighted by Crippen LogP contribution is -2.02. The Morgan fingerprint density at radius 3 is 2.20 bits per heavy atom. The van der Waals surface area contributed by atoms with Crippen LogP contribution in [0.3, 0.4) is 0 Å². The average Bonchev–Trinajstić information content (AvgIpc) is 2.83. The molecule has 3 aromatic rings. The smallest absolute Gasteiger partial charge is 0.119 e. The van der Waals surface area contributed by atoms with E-state index in [4.69, 9.17) is 4.74 Å². The van der Waals surface area contributed by atoms with E-state index in [1.807, 2.05) is 26.0 Å². The molecule has 0 N–H and O–H groups in total. The largest absolute Gasteiger partial charge is 0.494 e. The van der Waals surface area contributed by atoms with E-state index in [0.717, 1.165) is 29.2 Å². The minimum Gasteiger partial charge on any atom is -0.494 e. The van der Waals surface area contributed by atoms with E-state index in [-0.39, 0.29) is 0 Å². The SMILES string of the molecule is CCOc1ccc(-n2c(C)c3c(C)nnc(CC(C)C)c3c2C)cc1. The van der Waals surface area contributed by atoms with Gasteiger partial charge < -0.3 is 9.30 Å². The van der Waals surface area contributed by atoms with Gasteiger partial charge in [-0.25, -0.2) is 0 Å². The second kappa shape index (κ2) is 6.87. The molecule has 3 rings (SSSR count). The molecule has 0 aliphatic rings. The number of hydrogen-bond donors (Lipinski definition) is 0. The van der Waals surface area contributed by atoms with Gasteiger partial charge in [-0.3, -0.25) is 0 Å². The van der Waals surface area contributed by atoms with Crippen molar-refractivity contribution in [3.63, 3.8) is 0 Å². The summed E-state index contributed by atoms with van der Waals surface area (Å²) >= 11 is 0. The van der Waals surface area contributed by atoms with Crippen LogP contribution in [-0.4, -0.2) is 21.4 Å². The molecule has 0 amide bonds. The van der Waals surface area contributed by atoms with Gasteiger partial charge in [-0.2, -0.15) is 10.2 Å². The van der Waals surface area contributed by atoms with E-state index in [9.17, 15) is 0 Å². The first kappa shape index (κ1) is 17.5. The average molecular weight is 337 g/mol. The first-order valence-corrected chi connectivity index (χ1v) is 9.01. The standard InChI is InChI=1S/C21H27N3O/c1-7-25-18-10-8-17(9-11-18)24-15(5)20-14(4)22-23-19(12-13(2)3)21(20)16(24)6/h8-11,13H,7,12H2,1-6H3. The fourth-order valence-electron chi connectivity index (χ4n) is 3.64. The third-order valence-electron chi connectivity index (χ3n) is 4.62. The van der Waals surface area contributed by atoms with Gasteiger partial charge in [-0.05, 0) is 64.3 Å². The highest BCUT2D eigenvalue weighted by molar-refractivity contribution is 5.92. The molecule has 0 aliphatic carbocycles. The van der Waals surface area contributed by atoms with Crippen LogP contribution in [-0.2, 0) is 6.42 Å². The van der Waals surface area contributed by atoms with E-state index < -0.39 is 0 Å². The van der Waals surface area contributed by atoms with Crippen LogP contribution in [0.25, 0.3) is 16.5 Å². The van der Waals surface area contributed by atoms with Crippen LogP contribution < -0.4 is 4.74 Å². The van der Waals surface area contributed by atoms with Crippen molar-refractivity contribution in [2.24, 2.45) is 5.92 Å². The molecule has 0 spiro atoms. The lowest BCUT2D eigenvalue weighted by Gasteiger charge is -2.11. The lowest BCUT2D eigenvalue weighted by atomic mass is 10.0. The van der Waals surface area contributed by atoms with Crippen LogP contribution in [0.1, 0.15) is 43.5 Å². The molecule has 132 valence electrons. The molecule has 25 heavy (non-hydrogen) atoms. The zero-order valence-electron chi connectivity index (χ0n) is 16.1. The van der Waals surface area contributed by atoms with Crippen molar-refractivity contribution < 1.29 is 4.74 Å². The predicted octanol–water partition coefficient (Wildman–Crippen LogP) is 4.94. The topological polar surface area (TPSA) is 39.9 Å². The third kappa shape index (κ3) is 3.13. The summed E-state index contributed by atoms with van der Waals surface area (Å²) < 4.78 is 7.87. The molecule has 0 saturated heterocycles. The van der Waals surface area contributed by atoms with Crippen LogP contribution in [0.4, 0.5) is 0 Å². The zero-order chi connectivity index (χ0) is 18.1. The van der Waals surface area contributed by atoms with Crippen LogP contribution in [0.5, 0.6) is 5.75 Å². The summed E-state index contributed by atoms with van der Waals surface area (Å²) in [6, 6.07) is 8.28. The molecular weight excluding hydrogens is 310 g/mol. The number of nitrogens with zero attached hydrogens (tertiary/aromatic N) is 3. The van der Waals surface area contributed by atoms with Gasteiger partial charge in [0.1, 0.15) is 5.75 Å². The maximum absolute atomic E-state index is 5.57. The molecule has 4 nitrogen and oxygen atoms in total. The number of aromatic nitrogens is 3. The number of rotatable bonds is 5. The highest BCUT2D eigenvalue weighted by Gasteiger charge is 2.19. The first-order valence-electron chi connectivity index (χ1n) is 9.01. The summed E-state index contributed by atoms with van der Waals surface area (Å²) in [5.41, 5.74) is 5.68. The highest BCUT2D eigenvalue weighted by atomic mass is 16.5. The lowest BCUT2D eigenvalue weighted by molar-refractivity contribution is 0.340. The summed E-state index contributed by atoms with van der Waals surface area (Å²) in [6.45, 7) is 13.5. The Morgan fingerprint density at radius 2 is 1.60 bits per heavy atom. The van der Waals surface area contributed by atoms with Crippen molar-refractivity contribution >= 4 is 10.8 Å². The number of fused-ring (bicyclic) bond motifs is 1. The van der Waals surface area contributed by atoms with Gasteiger partial charge in [0, 0.05) is 27.8 Å². The molecule has 2 aromatic heterocycles. The summed E-state index contributed by atoms with van der Waals surface area (Å²) in [5, 5.41) is 11.4. The Hall–Kier alpha value is -2.36. The van der Waals surface area contributed by atoms with Crippen molar-refractivity contribution in [2.75, 3.05) is 6.61 Å². The molecule has 0 unspecified atom stereocenters. The molecule has 1 aromatic carbocycles. The zero-order valence-corrected chi connectivity index (χ0v) is 16.1. The van der Waals surface area contributed by atoms with Crippen LogP contribution in [0.2, 0.25) is 0 Å². The number of ether oxygens (including phenoxy) is 1. The molecule has 0 fully saturated rings. The molecule has 0 atom stereocenters. The van der Waals surface area contributed by atoms with E-state index in [1.54, 1.807) is 0 Å². The highest BCUT2D eigenvalue weighted by Crippen LogP contribution is 2.33. The van der Waals surface area contributed by atoms with Crippen molar-refractivity contribution in [1.29, 1.82) is 0 Å². The number of aryl methyl sites for hydroxylation is 3. The normalized spacial score (nSPS) is 11.5. The van der Waals surface area contributed by atoms with E-state index in [1.165, 1.54) is 22.2 Å². The second-order valence-electron chi connectivity index (χ2n) is 7.01. The van der Waals surface area contributed by atoms with Gasteiger partial charge in [0.15, 0.2) is 0 Å². The van der Waals surface area contributed by atoms with Gasteiger partial charge in [-0.1, -0.05) is 13.8 Å². The van der Waals surface area contributed by atoms with Crippen molar-refractivity contribution in [3.8, 4) is 11.4 Å². The van der Waals surface area contributed by atoms with Crippen molar-refractivity contribution in [1.82, 2.24) is 14.8 Å². The Bertz CT molecular complexity index is 892. The Balaban J connectivity index is 2.21. The van der Waals surface area contributed by atoms with Gasteiger partial charge >= 0.3 is 0 Å². The van der Waals surface area contributed by atoms with Crippen LogP contribution >= 0.6 is 0 Å². The number of benzene rings is 1. The summed E-state index contributed by atoms with van der Waals surface area (Å²) in [4.78, 5) is 0. The third-order valence-corrected chi connectivity index (χ3v) is 4.62. The second-order valence-corrected chi connectivity index (χ2v) is 7.01. The van der Waals surface area contributed by atoms with E-state index in [0.29, 0.717) is 12.5 Å². The van der Waals surface area contributed by atoms with Crippen molar-refractivity contribution in [3.05, 3.63) is 47.0 Å². The maximum atomic E-state index is 5.57. The van der Waals surface area contributed by atoms with Gasteiger partial charge in [0.2, 0.25) is 0 Å². The molecule has 0 bridgehead atoms. The Labute approximate surface area is 149 Å². The first-order chi connectivity index (χ1) is 11.9. The predicted molar refractivity (Wildman–Crippen MR) is 103 cm³/mol. The minimum absolute atomic E-state index is 0.550. The number of hydrogen-bond acceptors (Lipinski definition) is 3. The molecular formula is C21H27N3O. The Morgan fingerprint density at radius 1 is 0.960 bits per heavy atom. The summed E-state index contributed by atoms with van der Waals surface area (Å²) in [6.07, 6.45) is 0.942. The Kier molecular flexibility index (Phi) is 4.80.